The Morgan fingerprint density at radius 1 is 1.54 bits per heavy atom. The Bertz CT molecular complexity index is 264. The molecule has 0 spiro atoms. The van der Waals surface area contributed by atoms with E-state index >= 15 is 0 Å². The van der Waals surface area contributed by atoms with Gasteiger partial charge in [0, 0.05) is 12.3 Å². The summed E-state index contributed by atoms with van der Waals surface area (Å²) in [6, 6.07) is -1.03. The van der Waals surface area contributed by atoms with Crippen LogP contribution >= 0.6 is 12.6 Å². The monoisotopic (exact) mass is 228 g/mol. The fourth-order valence-corrected chi connectivity index (χ4v) is 1.34. The highest BCUT2D eigenvalue weighted by molar-refractivity contribution is 7.87. The Kier molecular flexibility index (Phi) is 5.30. The van der Waals surface area contributed by atoms with Crippen LogP contribution in [0.5, 0.6) is 0 Å². The van der Waals surface area contributed by atoms with Crippen molar-refractivity contribution in [3.8, 4) is 0 Å². The normalized spacial score (nSPS) is 13.8. The topological polar surface area (TPSA) is 112 Å². The Labute approximate surface area is 82.1 Å². The van der Waals surface area contributed by atoms with Crippen molar-refractivity contribution in [2.75, 3.05) is 18.1 Å². The van der Waals surface area contributed by atoms with Gasteiger partial charge >= 0.3 is 16.1 Å². The van der Waals surface area contributed by atoms with Crippen molar-refractivity contribution in [2.45, 2.75) is 6.04 Å². The number of carbonyl (C=O) groups is 1. The minimum atomic E-state index is -3.87. The predicted octanol–water partition coefficient (Wildman–Crippen LogP) is -1.92. The lowest BCUT2D eigenvalue weighted by atomic mass is 10.4. The van der Waals surface area contributed by atoms with Gasteiger partial charge in [0.25, 0.3) is 0 Å². The summed E-state index contributed by atoms with van der Waals surface area (Å²) in [6.07, 6.45) is 0. The largest absolute Gasteiger partial charge is 0.344 e. The molecule has 0 heterocycles. The lowest BCUT2D eigenvalue weighted by molar-refractivity contribution is -0.134. The third-order valence-electron chi connectivity index (χ3n) is 1.08. The average Bonchev–Trinajstić information content (AvgIpc) is 2.01. The predicted molar refractivity (Wildman–Crippen MR) is 50.8 cm³/mol. The summed E-state index contributed by atoms with van der Waals surface area (Å²) < 4.78 is 25.8. The standard InChI is InChI=1S/C5H12N2O4S2/c6-1-2-13(9,10)11-5(8)4(7)3-12/h4,12H,1-3,6-7H2/t4-/m0/s1. The first-order valence-electron chi connectivity index (χ1n) is 3.45. The SMILES string of the molecule is NCCS(=O)(=O)OC(=O)[C@@H](N)CS. The molecule has 0 unspecified atom stereocenters. The third-order valence-corrected chi connectivity index (χ3v) is 2.62. The molecule has 6 nitrogen and oxygen atoms in total. The number of rotatable bonds is 5. The van der Waals surface area contributed by atoms with Crippen molar-refractivity contribution >= 4 is 28.7 Å². The number of hydrogen-bond acceptors (Lipinski definition) is 7. The first-order chi connectivity index (χ1) is 5.93. The molecule has 0 rings (SSSR count). The van der Waals surface area contributed by atoms with Gasteiger partial charge in [-0.1, -0.05) is 0 Å². The van der Waals surface area contributed by atoms with Crippen LogP contribution in [-0.2, 0) is 19.1 Å². The van der Waals surface area contributed by atoms with Crippen molar-refractivity contribution in [3.63, 3.8) is 0 Å². The molecule has 0 aliphatic heterocycles. The second-order valence-corrected chi connectivity index (χ2v) is 4.30. The summed E-state index contributed by atoms with van der Waals surface area (Å²) in [5.74, 6) is -1.39. The van der Waals surface area contributed by atoms with Gasteiger partial charge in [-0.3, -0.25) is 0 Å². The summed E-state index contributed by atoms with van der Waals surface area (Å²) >= 11 is 3.71. The molecule has 0 amide bonds. The molecular formula is C5H12N2O4S2. The quantitative estimate of drug-likeness (QED) is 0.373. The van der Waals surface area contributed by atoms with Gasteiger partial charge in [-0.05, 0) is 0 Å². The Morgan fingerprint density at radius 3 is 2.46 bits per heavy atom. The van der Waals surface area contributed by atoms with Crippen molar-refractivity contribution < 1.29 is 17.4 Å². The van der Waals surface area contributed by atoms with E-state index < -0.39 is 27.9 Å². The number of thiol groups is 1. The van der Waals surface area contributed by atoms with E-state index in [9.17, 15) is 13.2 Å². The first-order valence-corrected chi connectivity index (χ1v) is 5.66. The third kappa shape index (κ3) is 5.09. The van der Waals surface area contributed by atoms with Crippen LogP contribution in [0.4, 0.5) is 0 Å². The summed E-state index contributed by atoms with van der Waals surface area (Å²) in [4.78, 5) is 10.8. The summed E-state index contributed by atoms with van der Waals surface area (Å²) in [5, 5.41) is 0. The molecule has 78 valence electrons. The van der Waals surface area contributed by atoms with Gasteiger partial charge in [-0.25, -0.2) is 4.79 Å². The Balaban J connectivity index is 4.20. The molecular weight excluding hydrogens is 216 g/mol. The second kappa shape index (κ2) is 5.43. The zero-order chi connectivity index (χ0) is 10.5. The van der Waals surface area contributed by atoms with Gasteiger partial charge < -0.3 is 15.7 Å². The number of carbonyl (C=O) groups excluding carboxylic acids is 1. The Morgan fingerprint density at radius 2 is 2.08 bits per heavy atom. The van der Waals surface area contributed by atoms with Gasteiger partial charge in [0.05, 0.1) is 5.75 Å². The van der Waals surface area contributed by atoms with E-state index in [1.54, 1.807) is 0 Å². The van der Waals surface area contributed by atoms with Crippen LogP contribution < -0.4 is 11.5 Å². The van der Waals surface area contributed by atoms with Crippen LogP contribution in [0.3, 0.4) is 0 Å². The highest BCUT2D eigenvalue weighted by Crippen LogP contribution is 1.96. The minimum absolute atomic E-state index is 0.0248. The molecule has 0 aliphatic rings. The van der Waals surface area contributed by atoms with Gasteiger partial charge in [0.2, 0.25) is 0 Å². The lowest BCUT2D eigenvalue weighted by Gasteiger charge is -2.07. The molecule has 13 heavy (non-hydrogen) atoms. The zero-order valence-corrected chi connectivity index (χ0v) is 8.55. The van der Waals surface area contributed by atoms with Crippen molar-refractivity contribution in [1.82, 2.24) is 0 Å². The maximum atomic E-state index is 10.9. The maximum absolute atomic E-state index is 10.9. The highest BCUT2D eigenvalue weighted by Gasteiger charge is 2.20. The fraction of sp³-hybridized carbons (Fsp3) is 0.800. The van der Waals surface area contributed by atoms with E-state index in [1.807, 2.05) is 0 Å². The average molecular weight is 228 g/mol. The van der Waals surface area contributed by atoms with Crippen LogP contribution in [-0.4, -0.2) is 38.5 Å². The molecule has 8 heteroatoms. The molecule has 0 bridgehead atoms. The smallest absolute Gasteiger partial charge is 0.339 e. The van der Waals surface area contributed by atoms with Crippen molar-refractivity contribution in [3.05, 3.63) is 0 Å². The maximum Gasteiger partial charge on any atom is 0.339 e. The second-order valence-electron chi connectivity index (χ2n) is 2.24. The van der Waals surface area contributed by atoms with Crippen LogP contribution in [0.1, 0.15) is 0 Å². The van der Waals surface area contributed by atoms with Crippen molar-refractivity contribution in [1.29, 1.82) is 0 Å². The molecule has 0 saturated carbocycles. The van der Waals surface area contributed by atoms with Gasteiger partial charge in [-0.15, -0.1) is 0 Å². The van der Waals surface area contributed by atoms with Crippen molar-refractivity contribution in [2.24, 2.45) is 11.5 Å². The molecule has 4 N–H and O–H groups in total. The van der Waals surface area contributed by atoms with Gasteiger partial charge in [0.1, 0.15) is 6.04 Å². The highest BCUT2D eigenvalue weighted by atomic mass is 32.2. The summed E-state index contributed by atoms with van der Waals surface area (Å²) in [5.41, 5.74) is 10.2. The number of hydrogen-bond donors (Lipinski definition) is 3. The van der Waals surface area contributed by atoms with Crippen LogP contribution in [0.25, 0.3) is 0 Å². The molecule has 0 fully saturated rings. The van der Waals surface area contributed by atoms with Gasteiger partial charge in [-0.2, -0.15) is 21.0 Å². The van der Waals surface area contributed by atoms with E-state index in [-0.39, 0.29) is 12.3 Å². The van der Waals surface area contributed by atoms with E-state index in [0.29, 0.717) is 0 Å². The molecule has 0 saturated heterocycles. The van der Waals surface area contributed by atoms with Crippen LogP contribution in [0.2, 0.25) is 0 Å². The minimum Gasteiger partial charge on any atom is -0.344 e. The van der Waals surface area contributed by atoms with E-state index in [1.165, 1.54) is 0 Å². The summed E-state index contributed by atoms with van der Waals surface area (Å²) in [6.45, 7) is -0.105. The molecule has 0 aromatic heterocycles. The zero-order valence-electron chi connectivity index (χ0n) is 6.84. The molecule has 1 atom stereocenters. The molecule has 0 aliphatic carbocycles. The van der Waals surface area contributed by atoms with E-state index in [4.69, 9.17) is 11.5 Å². The summed E-state index contributed by atoms with van der Waals surface area (Å²) in [7, 11) is -3.87. The fourth-order valence-electron chi connectivity index (χ4n) is 0.447. The van der Waals surface area contributed by atoms with E-state index in [2.05, 4.69) is 16.8 Å². The first kappa shape index (κ1) is 12.7. The van der Waals surface area contributed by atoms with E-state index in [0.717, 1.165) is 0 Å². The Hall–Kier alpha value is -0.310. The number of nitrogens with two attached hydrogens (primary N) is 2. The van der Waals surface area contributed by atoms with Gasteiger partial charge in [0.15, 0.2) is 0 Å². The molecule has 0 aromatic carbocycles. The molecule has 0 radical (unpaired) electrons. The van der Waals surface area contributed by atoms with Crippen LogP contribution in [0, 0.1) is 0 Å². The lowest BCUT2D eigenvalue weighted by Crippen LogP contribution is -2.36. The molecule has 0 aromatic rings. The van der Waals surface area contributed by atoms with Crippen LogP contribution in [0.15, 0.2) is 0 Å².